The first-order valence-electron chi connectivity index (χ1n) is 6.40. The van der Waals surface area contributed by atoms with Crippen molar-refractivity contribution >= 4 is 22.8 Å². The Labute approximate surface area is 114 Å². The summed E-state index contributed by atoms with van der Waals surface area (Å²) in [5, 5.41) is 17.0. The number of aliphatic carboxylic acids is 1. The quantitative estimate of drug-likeness (QED) is 0.834. The summed E-state index contributed by atoms with van der Waals surface area (Å²) in [6.07, 6.45) is 3.65. The van der Waals surface area contributed by atoms with Crippen LogP contribution in [-0.4, -0.2) is 49.6 Å². The number of nitrogens with one attached hydrogen (secondary N) is 1. The SMILES string of the molecule is Cn1ncc2c(NCC3CCC(C(=O)O)O3)ncnc21. The van der Waals surface area contributed by atoms with Gasteiger partial charge in [0.2, 0.25) is 0 Å². The van der Waals surface area contributed by atoms with E-state index in [1.807, 2.05) is 7.05 Å². The van der Waals surface area contributed by atoms with Crippen LogP contribution < -0.4 is 5.32 Å². The molecule has 0 radical (unpaired) electrons. The van der Waals surface area contributed by atoms with Gasteiger partial charge >= 0.3 is 5.97 Å². The van der Waals surface area contributed by atoms with Crippen molar-refractivity contribution in [2.75, 3.05) is 11.9 Å². The van der Waals surface area contributed by atoms with Crippen molar-refractivity contribution in [3.63, 3.8) is 0 Å². The third-order valence-electron chi connectivity index (χ3n) is 3.41. The van der Waals surface area contributed by atoms with Crippen LogP contribution in [0.5, 0.6) is 0 Å². The average Bonchev–Trinajstić information content (AvgIpc) is 3.04. The third-order valence-corrected chi connectivity index (χ3v) is 3.41. The molecule has 106 valence electrons. The summed E-state index contributed by atoms with van der Waals surface area (Å²) in [6, 6.07) is 0. The third kappa shape index (κ3) is 2.29. The van der Waals surface area contributed by atoms with Crippen LogP contribution in [0.2, 0.25) is 0 Å². The number of aromatic nitrogens is 4. The standard InChI is InChI=1S/C12H15N5O3/c1-17-11-8(5-16-17)10(14-6-15-11)13-4-7-2-3-9(20-7)12(18)19/h5-7,9H,2-4H2,1H3,(H,18,19)(H,13,14,15). The Morgan fingerprint density at radius 1 is 1.55 bits per heavy atom. The first kappa shape index (κ1) is 12.8. The molecule has 0 saturated carbocycles. The summed E-state index contributed by atoms with van der Waals surface area (Å²) in [5.74, 6) is -0.213. The molecule has 8 heteroatoms. The van der Waals surface area contributed by atoms with E-state index in [9.17, 15) is 4.79 Å². The molecule has 1 saturated heterocycles. The first-order valence-corrected chi connectivity index (χ1v) is 6.40. The molecular formula is C12H15N5O3. The van der Waals surface area contributed by atoms with Gasteiger partial charge in [-0.05, 0) is 12.8 Å². The lowest BCUT2D eigenvalue weighted by Gasteiger charge is -2.12. The molecule has 0 aromatic carbocycles. The Kier molecular flexibility index (Phi) is 3.23. The average molecular weight is 277 g/mol. The molecule has 3 rings (SSSR count). The van der Waals surface area contributed by atoms with Gasteiger partial charge in [0, 0.05) is 13.6 Å². The van der Waals surface area contributed by atoms with Crippen molar-refractivity contribution < 1.29 is 14.6 Å². The maximum atomic E-state index is 10.8. The van der Waals surface area contributed by atoms with Crippen molar-refractivity contribution in [1.82, 2.24) is 19.7 Å². The van der Waals surface area contributed by atoms with E-state index in [4.69, 9.17) is 9.84 Å². The van der Waals surface area contributed by atoms with E-state index in [-0.39, 0.29) is 6.10 Å². The van der Waals surface area contributed by atoms with E-state index in [1.54, 1.807) is 10.9 Å². The van der Waals surface area contributed by atoms with E-state index >= 15 is 0 Å². The number of hydrogen-bond donors (Lipinski definition) is 2. The highest BCUT2D eigenvalue weighted by Gasteiger charge is 2.30. The van der Waals surface area contributed by atoms with Crippen LogP contribution in [-0.2, 0) is 16.6 Å². The number of carboxylic acid groups (broad SMARTS) is 1. The van der Waals surface area contributed by atoms with Crippen molar-refractivity contribution in [3.8, 4) is 0 Å². The molecule has 1 aliphatic heterocycles. The fourth-order valence-corrected chi connectivity index (χ4v) is 2.35. The number of carboxylic acids is 1. The zero-order valence-electron chi connectivity index (χ0n) is 11.0. The molecule has 8 nitrogen and oxygen atoms in total. The molecule has 2 unspecified atom stereocenters. The van der Waals surface area contributed by atoms with Gasteiger partial charge in [-0.25, -0.2) is 14.8 Å². The van der Waals surface area contributed by atoms with Crippen LogP contribution in [0.1, 0.15) is 12.8 Å². The number of fused-ring (bicyclic) bond motifs is 1. The number of hydrogen-bond acceptors (Lipinski definition) is 6. The van der Waals surface area contributed by atoms with Gasteiger partial charge in [0.15, 0.2) is 11.8 Å². The van der Waals surface area contributed by atoms with Crippen molar-refractivity contribution in [2.45, 2.75) is 25.0 Å². The highest BCUT2D eigenvalue weighted by Crippen LogP contribution is 2.22. The number of nitrogens with zero attached hydrogens (tertiary/aromatic N) is 4. The summed E-state index contributed by atoms with van der Waals surface area (Å²) in [6.45, 7) is 0.519. The zero-order valence-corrected chi connectivity index (χ0v) is 11.0. The molecule has 2 aromatic rings. The van der Waals surface area contributed by atoms with Crippen molar-refractivity contribution in [1.29, 1.82) is 0 Å². The second kappa shape index (κ2) is 5.04. The number of rotatable bonds is 4. The molecule has 0 bridgehead atoms. The summed E-state index contributed by atoms with van der Waals surface area (Å²) in [7, 11) is 1.82. The van der Waals surface area contributed by atoms with Gasteiger partial charge < -0.3 is 15.2 Å². The molecule has 0 aliphatic carbocycles. The minimum absolute atomic E-state index is 0.113. The van der Waals surface area contributed by atoms with Crippen LogP contribution in [0.3, 0.4) is 0 Å². The number of ether oxygens (including phenoxy) is 1. The molecule has 2 atom stereocenters. The molecule has 0 spiro atoms. The van der Waals surface area contributed by atoms with E-state index < -0.39 is 12.1 Å². The smallest absolute Gasteiger partial charge is 0.332 e. The highest BCUT2D eigenvalue weighted by atomic mass is 16.5. The highest BCUT2D eigenvalue weighted by molar-refractivity contribution is 5.85. The maximum Gasteiger partial charge on any atom is 0.332 e. The largest absolute Gasteiger partial charge is 0.479 e. The van der Waals surface area contributed by atoms with Crippen LogP contribution in [0.4, 0.5) is 5.82 Å². The van der Waals surface area contributed by atoms with Gasteiger partial charge in [-0.2, -0.15) is 5.10 Å². The molecule has 1 aliphatic rings. The topological polar surface area (TPSA) is 102 Å². The molecule has 20 heavy (non-hydrogen) atoms. The normalized spacial score (nSPS) is 22.2. The van der Waals surface area contributed by atoms with Gasteiger partial charge in [-0.15, -0.1) is 0 Å². The molecule has 3 heterocycles. The number of aryl methyl sites for hydroxylation is 1. The number of carbonyl (C=O) groups is 1. The molecular weight excluding hydrogens is 262 g/mol. The minimum atomic E-state index is -0.899. The van der Waals surface area contributed by atoms with Crippen LogP contribution in [0.15, 0.2) is 12.5 Å². The molecule has 1 fully saturated rings. The molecule has 2 aromatic heterocycles. The van der Waals surface area contributed by atoms with Gasteiger partial charge in [0.05, 0.1) is 17.7 Å². The van der Waals surface area contributed by atoms with E-state index in [1.165, 1.54) is 6.33 Å². The predicted molar refractivity (Wildman–Crippen MR) is 70.3 cm³/mol. The van der Waals surface area contributed by atoms with Crippen molar-refractivity contribution in [3.05, 3.63) is 12.5 Å². The number of anilines is 1. The van der Waals surface area contributed by atoms with Gasteiger partial charge in [0.25, 0.3) is 0 Å². The monoisotopic (exact) mass is 277 g/mol. The Bertz CT molecular complexity index is 641. The first-order chi connectivity index (χ1) is 9.65. The molecule has 2 N–H and O–H groups in total. The zero-order chi connectivity index (χ0) is 14.1. The van der Waals surface area contributed by atoms with E-state index in [0.29, 0.717) is 18.8 Å². The van der Waals surface area contributed by atoms with E-state index in [2.05, 4.69) is 20.4 Å². The fraction of sp³-hybridized carbons (Fsp3) is 0.500. The Morgan fingerprint density at radius 3 is 3.15 bits per heavy atom. The van der Waals surface area contributed by atoms with E-state index in [0.717, 1.165) is 17.5 Å². The summed E-state index contributed by atoms with van der Waals surface area (Å²) in [5.41, 5.74) is 0.748. The fourth-order valence-electron chi connectivity index (χ4n) is 2.35. The predicted octanol–water partition coefficient (Wildman–Crippen LogP) is 0.407. The summed E-state index contributed by atoms with van der Waals surface area (Å²) < 4.78 is 7.11. The summed E-state index contributed by atoms with van der Waals surface area (Å²) >= 11 is 0. The Balaban J connectivity index is 1.67. The molecule has 0 amide bonds. The van der Waals surface area contributed by atoms with Crippen LogP contribution in [0.25, 0.3) is 11.0 Å². The van der Waals surface area contributed by atoms with Crippen LogP contribution >= 0.6 is 0 Å². The van der Waals surface area contributed by atoms with Crippen LogP contribution in [0, 0.1) is 0 Å². The summed E-state index contributed by atoms with van der Waals surface area (Å²) in [4.78, 5) is 19.2. The Hall–Kier alpha value is -2.22. The van der Waals surface area contributed by atoms with Gasteiger partial charge in [-0.3, -0.25) is 4.68 Å². The second-order valence-electron chi connectivity index (χ2n) is 4.77. The van der Waals surface area contributed by atoms with Crippen molar-refractivity contribution in [2.24, 2.45) is 7.05 Å². The second-order valence-corrected chi connectivity index (χ2v) is 4.77. The maximum absolute atomic E-state index is 10.8. The minimum Gasteiger partial charge on any atom is -0.479 e. The lowest BCUT2D eigenvalue weighted by Crippen LogP contribution is -2.24. The lowest BCUT2D eigenvalue weighted by atomic mass is 10.2. The lowest BCUT2D eigenvalue weighted by molar-refractivity contribution is -0.149. The van der Waals surface area contributed by atoms with Gasteiger partial charge in [0.1, 0.15) is 12.1 Å². The Morgan fingerprint density at radius 2 is 2.40 bits per heavy atom. The van der Waals surface area contributed by atoms with Gasteiger partial charge in [-0.1, -0.05) is 0 Å².